The number of amides is 1. The van der Waals surface area contributed by atoms with Gasteiger partial charge in [0.15, 0.2) is 0 Å². The minimum atomic E-state index is 0.155. The predicted octanol–water partition coefficient (Wildman–Crippen LogP) is 2.71. The van der Waals surface area contributed by atoms with Crippen molar-refractivity contribution in [2.45, 2.75) is 39.3 Å². The van der Waals surface area contributed by atoms with Crippen LogP contribution in [0.5, 0.6) is 5.88 Å². The van der Waals surface area contributed by atoms with E-state index in [-0.39, 0.29) is 11.9 Å². The molecule has 1 aliphatic heterocycles. The quantitative estimate of drug-likeness (QED) is 0.877. The number of anilines is 1. The second-order valence-corrected chi connectivity index (χ2v) is 6.54. The monoisotopic (exact) mass is 342 g/mol. The average Bonchev–Trinajstić information content (AvgIpc) is 3.15. The Morgan fingerprint density at radius 1 is 1.40 bits per heavy atom. The highest BCUT2D eigenvalue weighted by Crippen LogP contribution is 2.26. The lowest BCUT2D eigenvalue weighted by Crippen LogP contribution is -2.24. The van der Waals surface area contributed by atoms with E-state index < -0.39 is 0 Å². The number of aromatic nitrogens is 2. The Morgan fingerprint density at radius 3 is 2.88 bits per heavy atom. The number of aryl methyl sites for hydroxylation is 2. The maximum absolute atomic E-state index is 12.0. The summed E-state index contributed by atoms with van der Waals surface area (Å²) in [7, 11) is 3.55. The molecule has 0 spiro atoms. The van der Waals surface area contributed by atoms with Crippen LogP contribution in [-0.2, 0) is 18.4 Å². The zero-order valence-electron chi connectivity index (χ0n) is 15.4. The first-order valence-electron chi connectivity index (χ1n) is 8.71. The maximum atomic E-state index is 12.0. The fourth-order valence-corrected chi connectivity index (χ4v) is 3.40. The van der Waals surface area contributed by atoms with Crippen LogP contribution in [0.2, 0.25) is 0 Å². The van der Waals surface area contributed by atoms with Gasteiger partial charge in [-0.05, 0) is 38.0 Å². The van der Waals surface area contributed by atoms with Crippen molar-refractivity contribution in [1.82, 2.24) is 15.1 Å². The number of benzene rings is 1. The van der Waals surface area contributed by atoms with Gasteiger partial charge in [-0.2, -0.15) is 5.10 Å². The number of carbonyl (C=O) groups excluding carboxylic acids is 1. The number of nitrogens with one attached hydrogen (secondary N) is 1. The molecule has 1 unspecified atom stereocenters. The molecule has 134 valence electrons. The van der Waals surface area contributed by atoms with Gasteiger partial charge in [-0.15, -0.1) is 0 Å². The number of nitrogens with zero attached hydrogens (tertiary/aromatic N) is 3. The van der Waals surface area contributed by atoms with Crippen LogP contribution in [0.15, 0.2) is 24.3 Å². The van der Waals surface area contributed by atoms with Gasteiger partial charge in [0.1, 0.15) is 0 Å². The molecule has 1 fully saturated rings. The van der Waals surface area contributed by atoms with E-state index in [1.807, 2.05) is 31.0 Å². The summed E-state index contributed by atoms with van der Waals surface area (Å²) in [6, 6.07) is 8.38. The van der Waals surface area contributed by atoms with Crippen molar-refractivity contribution in [2.24, 2.45) is 7.05 Å². The highest BCUT2D eigenvalue weighted by molar-refractivity contribution is 5.95. The summed E-state index contributed by atoms with van der Waals surface area (Å²) in [5.74, 6) is 1.00. The molecule has 1 atom stereocenters. The summed E-state index contributed by atoms with van der Waals surface area (Å²) in [4.78, 5) is 13.8. The normalized spacial score (nSPS) is 15.7. The van der Waals surface area contributed by atoms with Crippen molar-refractivity contribution in [3.8, 4) is 5.88 Å². The first-order chi connectivity index (χ1) is 12.0. The SMILES string of the molecule is COc1c(CNC(C)c2cccc(N3CCCC3=O)c2)c(C)nn1C. The minimum absolute atomic E-state index is 0.155. The topological polar surface area (TPSA) is 59.4 Å². The Morgan fingerprint density at radius 2 is 2.20 bits per heavy atom. The number of methoxy groups -OCH3 is 1. The van der Waals surface area contributed by atoms with Gasteiger partial charge in [-0.1, -0.05) is 12.1 Å². The van der Waals surface area contributed by atoms with E-state index in [1.54, 1.807) is 11.8 Å². The summed E-state index contributed by atoms with van der Waals surface area (Å²) in [5.41, 5.74) is 4.19. The zero-order valence-corrected chi connectivity index (χ0v) is 15.4. The molecule has 0 aliphatic carbocycles. The summed E-state index contributed by atoms with van der Waals surface area (Å²) in [6.45, 7) is 5.61. The van der Waals surface area contributed by atoms with E-state index in [2.05, 4.69) is 29.5 Å². The third-order valence-corrected chi connectivity index (χ3v) is 4.82. The van der Waals surface area contributed by atoms with Crippen molar-refractivity contribution in [1.29, 1.82) is 0 Å². The fourth-order valence-electron chi connectivity index (χ4n) is 3.40. The standard InChI is InChI=1S/C19H26N4O2/c1-13(20-12-17-14(2)21-22(3)19(17)25-4)15-7-5-8-16(11-15)23-10-6-9-18(23)24/h5,7-8,11,13,20H,6,9-10,12H2,1-4H3. The molecule has 1 aromatic heterocycles. The summed E-state index contributed by atoms with van der Waals surface area (Å²) >= 11 is 0. The van der Waals surface area contributed by atoms with E-state index in [0.717, 1.165) is 41.4 Å². The van der Waals surface area contributed by atoms with E-state index in [0.29, 0.717) is 13.0 Å². The van der Waals surface area contributed by atoms with Crippen molar-refractivity contribution in [2.75, 3.05) is 18.6 Å². The Hall–Kier alpha value is -2.34. The average molecular weight is 342 g/mol. The van der Waals surface area contributed by atoms with Gasteiger partial charge in [0, 0.05) is 38.3 Å². The van der Waals surface area contributed by atoms with Crippen LogP contribution < -0.4 is 15.0 Å². The molecule has 6 nitrogen and oxygen atoms in total. The molecule has 1 aliphatic rings. The molecule has 0 radical (unpaired) electrons. The van der Waals surface area contributed by atoms with E-state index >= 15 is 0 Å². The Labute approximate surface area is 148 Å². The van der Waals surface area contributed by atoms with Crippen molar-refractivity contribution >= 4 is 11.6 Å². The first-order valence-corrected chi connectivity index (χ1v) is 8.71. The van der Waals surface area contributed by atoms with Gasteiger partial charge in [0.25, 0.3) is 0 Å². The molecule has 25 heavy (non-hydrogen) atoms. The second kappa shape index (κ2) is 7.27. The minimum Gasteiger partial charge on any atom is -0.481 e. The lowest BCUT2D eigenvalue weighted by Gasteiger charge is -2.19. The van der Waals surface area contributed by atoms with Gasteiger partial charge < -0.3 is 15.0 Å². The van der Waals surface area contributed by atoms with Gasteiger partial charge in [0.05, 0.1) is 18.4 Å². The van der Waals surface area contributed by atoms with Crippen LogP contribution in [0.25, 0.3) is 0 Å². The van der Waals surface area contributed by atoms with E-state index in [1.165, 1.54) is 0 Å². The predicted molar refractivity (Wildman–Crippen MR) is 97.8 cm³/mol. The van der Waals surface area contributed by atoms with Gasteiger partial charge in [-0.25, -0.2) is 4.68 Å². The molecule has 3 rings (SSSR count). The number of ether oxygens (including phenoxy) is 1. The lowest BCUT2D eigenvalue weighted by atomic mass is 10.1. The second-order valence-electron chi connectivity index (χ2n) is 6.54. The van der Waals surface area contributed by atoms with Crippen LogP contribution in [0.3, 0.4) is 0 Å². The number of rotatable bonds is 6. The van der Waals surface area contributed by atoms with Gasteiger partial charge in [0.2, 0.25) is 11.8 Å². The fraction of sp³-hybridized carbons (Fsp3) is 0.474. The number of hydrogen-bond acceptors (Lipinski definition) is 4. The lowest BCUT2D eigenvalue weighted by molar-refractivity contribution is -0.117. The van der Waals surface area contributed by atoms with Crippen LogP contribution >= 0.6 is 0 Å². The van der Waals surface area contributed by atoms with Crippen molar-refractivity contribution in [3.05, 3.63) is 41.1 Å². The molecule has 1 N–H and O–H groups in total. The number of hydrogen-bond donors (Lipinski definition) is 1. The molecule has 0 bridgehead atoms. The van der Waals surface area contributed by atoms with Crippen LogP contribution in [0.1, 0.15) is 42.6 Å². The Balaban J connectivity index is 1.72. The van der Waals surface area contributed by atoms with E-state index in [4.69, 9.17) is 4.74 Å². The summed E-state index contributed by atoms with van der Waals surface area (Å²) < 4.78 is 7.21. The molecular weight excluding hydrogens is 316 g/mol. The Bertz CT molecular complexity index is 769. The van der Waals surface area contributed by atoms with Crippen LogP contribution in [0, 0.1) is 6.92 Å². The molecule has 2 aromatic rings. The smallest absolute Gasteiger partial charge is 0.227 e. The zero-order chi connectivity index (χ0) is 18.0. The molecular formula is C19H26N4O2. The van der Waals surface area contributed by atoms with E-state index in [9.17, 15) is 4.79 Å². The highest BCUT2D eigenvalue weighted by atomic mass is 16.5. The number of carbonyl (C=O) groups is 1. The van der Waals surface area contributed by atoms with Gasteiger partial charge in [-0.3, -0.25) is 4.79 Å². The highest BCUT2D eigenvalue weighted by Gasteiger charge is 2.22. The third-order valence-electron chi connectivity index (χ3n) is 4.82. The molecule has 2 heterocycles. The summed E-state index contributed by atoms with van der Waals surface area (Å²) in [6.07, 6.45) is 1.59. The Kier molecular flexibility index (Phi) is 5.08. The molecule has 1 aromatic carbocycles. The molecule has 1 saturated heterocycles. The third kappa shape index (κ3) is 3.54. The molecule has 1 amide bonds. The summed E-state index contributed by atoms with van der Waals surface area (Å²) in [5, 5.41) is 7.95. The largest absolute Gasteiger partial charge is 0.481 e. The first kappa shape index (κ1) is 17.5. The van der Waals surface area contributed by atoms with Crippen molar-refractivity contribution < 1.29 is 9.53 Å². The van der Waals surface area contributed by atoms with Crippen LogP contribution in [0.4, 0.5) is 5.69 Å². The van der Waals surface area contributed by atoms with Crippen LogP contribution in [-0.4, -0.2) is 29.3 Å². The van der Waals surface area contributed by atoms with Crippen molar-refractivity contribution in [3.63, 3.8) is 0 Å². The van der Waals surface area contributed by atoms with Gasteiger partial charge >= 0.3 is 0 Å². The molecule has 0 saturated carbocycles. The molecule has 6 heteroatoms. The maximum Gasteiger partial charge on any atom is 0.227 e.